The molecule has 174 valence electrons. The first-order valence-corrected chi connectivity index (χ1v) is 12.6. The predicted octanol–water partition coefficient (Wildman–Crippen LogP) is 3.10. The average Bonchev–Trinajstić information content (AvgIpc) is 3.20. The summed E-state index contributed by atoms with van der Waals surface area (Å²) in [5.41, 5.74) is 3.73. The Morgan fingerprint density at radius 3 is 2.64 bits per heavy atom. The fourth-order valence-corrected chi connectivity index (χ4v) is 5.03. The number of aromatic nitrogens is 2. The van der Waals surface area contributed by atoms with E-state index in [1.807, 2.05) is 36.1 Å². The fourth-order valence-electron chi connectivity index (χ4n) is 4.75. The highest BCUT2D eigenvalue weighted by Gasteiger charge is 2.39. The number of carbonyl (C=O) groups excluding carboxylic acids is 2. The monoisotopic (exact) mass is 562 g/mol. The zero-order valence-electron chi connectivity index (χ0n) is 18.5. The molecule has 2 unspecified atom stereocenters. The number of rotatable bonds is 4. The summed E-state index contributed by atoms with van der Waals surface area (Å²) >= 11 is 2.14. The van der Waals surface area contributed by atoms with Crippen LogP contribution in [0.2, 0.25) is 0 Å². The Morgan fingerprint density at radius 2 is 1.91 bits per heavy atom. The smallest absolute Gasteiger partial charge is 0.320 e. The van der Waals surface area contributed by atoms with Crippen LogP contribution in [0.15, 0.2) is 24.3 Å². The molecule has 3 aliphatic rings. The molecule has 5 rings (SSSR count). The van der Waals surface area contributed by atoms with Gasteiger partial charge in [0, 0.05) is 42.9 Å². The van der Waals surface area contributed by atoms with Gasteiger partial charge in [-0.2, -0.15) is 0 Å². The second-order valence-electron chi connectivity index (χ2n) is 8.52. The van der Waals surface area contributed by atoms with Gasteiger partial charge in [-0.1, -0.05) is 22.6 Å². The minimum absolute atomic E-state index is 0.0303. The molecule has 0 bridgehead atoms. The summed E-state index contributed by atoms with van der Waals surface area (Å²) in [5.74, 6) is 1.83. The Morgan fingerprint density at radius 1 is 1.15 bits per heavy atom. The molecule has 3 amide bonds. The summed E-state index contributed by atoms with van der Waals surface area (Å²) < 4.78 is 5.59. The number of urea groups is 1. The average molecular weight is 562 g/mol. The number of nitrogens with zero attached hydrogens (tertiary/aromatic N) is 4. The highest BCUT2D eigenvalue weighted by atomic mass is 127. The van der Waals surface area contributed by atoms with Gasteiger partial charge in [0.2, 0.25) is 5.91 Å². The van der Waals surface area contributed by atoms with E-state index in [2.05, 4.69) is 38.1 Å². The van der Waals surface area contributed by atoms with Gasteiger partial charge < -0.3 is 25.2 Å². The summed E-state index contributed by atoms with van der Waals surface area (Å²) in [5, 5.41) is 5.64. The lowest BCUT2D eigenvalue weighted by Gasteiger charge is -2.36. The van der Waals surface area contributed by atoms with Crippen molar-refractivity contribution in [3.05, 3.63) is 35.5 Å². The second-order valence-corrected chi connectivity index (χ2v) is 10.4. The second kappa shape index (κ2) is 9.41. The lowest BCUT2D eigenvalue weighted by atomic mass is 9.97. The molecule has 0 saturated carbocycles. The number of ether oxygens (including phenoxy) is 1. The number of morpholine rings is 1. The Kier molecular flexibility index (Phi) is 6.37. The maximum Gasteiger partial charge on any atom is 0.320 e. The molecule has 0 spiro atoms. The van der Waals surface area contributed by atoms with Gasteiger partial charge in [0.1, 0.15) is 5.82 Å². The van der Waals surface area contributed by atoms with Crippen LogP contribution in [0.3, 0.4) is 0 Å². The molecule has 0 radical (unpaired) electrons. The van der Waals surface area contributed by atoms with Gasteiger partial charge in [0.05, 0.1) is 29.0 Å². The van der Waals surface area contributed by atoms with Crippen LogP contribution < -0.4 is 15.5 Å². The maximum atomic E-state index is 12.4. The van der Waals surface area contributed by atoms with Gasteiger partial charge in [-0.05, 0) is 44.0 Å². The molecule has 2 saturated heterocycles. The van der Waals surface area contributed by atoms with Crippen LogP contribution in [-0.2, 0) is 16.0 Å². The molecule has 4 heterocycles. The van der Waals surface area contributed by atoms with E-state index >= 15 is 0 Å². The molecule has 1 aromatic carbocycles. The normalized spacial score (nSPS) is 20.8. The fraction of sp³-hybridized carbons (Fsp3) is 0.478. The number of carbonyl (C=O) groups is 2. The van der Waals surface area contributed by atoms with Crippen LogP contribution in [0.5, 0.6) is 0 Å². The van der Waals surface area contributed by atoms with Crippen molar-refractivity contribution in [1.29, 1.82) is 0 Å². The summed E-state index contributed by atoms with van der Waals surface area (Å²) in [4.78, 5) is 38.6. The summed E-state index contributed by atoms with van der Waals surface area (Å²) in [7, 11) is 0. The zero-order chi connectivity index (χ0) is 22.9. The highest BCUT2D eigenvalue weighted by Crippen LogP contribution is 2.41. The maximum absolute atomic E-state index is 12.4. The molecule has 10 heteroatoms. The number of anilines is 2. The third-order valence-electron chi connectivity index (χ3n) is 6.31. The Balaban J connectivity index is 1.48. The molecule has 9 nitrogen and oxygen atoms in total. The van der Waals surface area contributed by atoms with E-state index in [0.29, 0.717) is 31.1 Å². The molecule has 1 aromatic heterocycles. The minimum Gasteiger partial charge on any atom is -0.378 e. The molecule has 2 atom stereocenters. The SMILES string of the molecule is CC(I)NC(=O)Nc1ccc(-c2nc3c(c(N4CCOCC4)n2)CCN2C(=O)CCC32)cc1. The lowest BCUT2D eigenvalue weighted by molar-refractivity contribution is -0.129. The number of hydrogen-bond donors (Lipinski definition) is 2. The number of fused-ring (bicyclic) bond motifs is 3. The first-order chi connectivity index (χ1) is 16.0. The number of halogens is 1. The summed E-state index contributed by atoms with van der Waals surface area (Å²) in [6.45, 7) is 5.59. The van der Waals surface area contributed by atoms with Gasteiger partial charge in [-0.25, -0.2) is 14.8 Å². The van der Waals surface area contributed by atoms with Crippen LogP contribution in [-0.4, -0.2) is 63.7 Å². The van der Waals surface area contributed by atoms with Crippen LogP contribution in [0.1, 0.15) is 37.1 Å². The molecule has 2 N–H and O–H groups in total. The summed E-state index contributed by atoms with van der Waals surface area (Å²) in [6, 6.07) is 7.35. The van der Waals surface area contributed by atoms with Crippen molar-refractivity contribution in [2.75, 3.05) is 43.1 Å². The number of alkyl halides is 1. The van der Waals surface area contributed by atoms with E-state index in [-0.39, 0.29) is 22.0 Å². The molecule has 0 aliphatic carbocycles. The van der Waals surface area contributed by atoms with Crippen LogP contribution >= 0.6 is 22.6 Å². The number of amides is 3. The van der Waals surface area contributed by atoms with Crippen molar-refractivity contribution >= 4 is 46.0 Å². The Labute approximate surface area is 206 Å². The van der Waals surface area contributed by atoms with Crippen LogP contribution in [0.25, 0.3) is 11.4 Å². The molecule has 33 heavy (non-hydrogen) atoms. The number of nitrogens with one attached hydrogen (secondary N) is 2. The first kappa shape index (κ1) is 22.3. The van der Waals surface area contributed by atoms with E-state index < -0.39 is 0 Å². The van der Waals surface area contributed by atoms with E-state index in [9.17, 15) is 9.59 Å². The van der Waals surface area contributed by atoms with E-state index in [1.165, 1.54) is 5.56 Å². The molecular weight excluding hydrogens is 535 g/mol. The third-order valence-corrected chi connectivity index (χ3v) is 6.62. The number of hydrogen-bond acceptors (Lipinski definition) is 6. The number of benzene rings is 1. The van der Waals surface area contributed by atoms with Gasteiger partial charge >= 0.3 is 6.03 Å². The Bertz CT molecular complexity index is 1050. The highest BCUT2D eigenvalue weighted by molar-refractivity contribution is 14.1. The van der Waals surface area contributed by atoms with Gasteiger partial charge in [0.15, 0.2) is 5.82 Å². The van der Waals surface area contributed by atoms with Crippen molar-refractivity contribution < 1.29 is 14.3 Å². The van der Waals surface area contributed by atoms with Crippen molar-refractivity contribution in [3.63, 3.8) is 0 Å². The van der Waals surface area contributed by atoms with Crippen molar-refractivity contribution in [2.24, 2.45) is 0 Å². The van der Waals surface area contributed by atoms with Gasteiger partial charge in [-0.3, -0.25) is 4.79 Å². The third kappa shape index (κ3) is 4.63. The van der Waals surface area contributed by atoms with Crippen molar-refractivity contribution in [3.8, 4) is 11.4 Å². The molecule has 3 aliphatic heterocycles. The largest absolute Gasteiger partial charge is 0.378 e. The van der Waals surface area contributed by atoms with E-state index in [0.717, 1.165) is 49.6 Å². The van der Waals surface area contributed by atoms with E-state index in [1.54, 1.807) is 0 Å². The first-order valence-electron chi connectivity index (χ1n) is 11.3. The lowest BCUT2D eigenvalue weighted by Crippen LogP contribution is -2.40. The van der Waals surface area contributed by atoms with Crippen molar-refractivity contribution in [1.82, 2.24) is 20.2 Å². The predicted molar refractivity (Wildman–Crippen MR) is 134 cm³/mol. The summed E-state index contributed by atoms with van der Waals surface area (Å²) in [6.07, 6.45) is 2.16. The van der Waals surface area contributed by atoms with Gasteiger partial charge in [-0.15, -0.1) is 0 Å². The molecule has 2 fully saturated rings. The standard InChI is InChI=1S/C23H27IN6O3/c1-14(24)25-23(32)26-16-4-2-15(3-5-16)21-27-20-17(8-9-30-18(20)6-7-19(30)31)22(28-21)29-10-12-33-13-11-29/h2-5,14,18H,6-13H2,1H3,(H2,25,26,32). The van der Waals surface area contributed by atoms with E-state index in [4.69, 9.17) is 14.7 Å². The van der Waals surface area contributed by atoms with Crippen LogP contribution in [0, 0.1) is 0 Å². The topological polar surface area (TPSA) is 99.7 Å². The molecule has 2 aromatic rings. The van der Waals surface area contributed by atoms with Crippen LogP contribution in [0.4, 0.5) is 16.3 Å². The molecular formula is C23H27IN6O3. The quantitative estimate of drug-likeness (QED) is 0.338. The Hall–Kier alpha value is -2.47. The minimum atomic E-state index is -0.240. The zero-order valence-corrected chi connectivity index (χ0v) is 20.7. The van der Waals surface area contributed by atoms with Gasteiger partial charge in [0.25, 0.3) is 0 Å². The van der Waals surface area contributed by atoms with Crippen molar-refractivity contribution in [2.45, 2.75) is 36.3 Å².